The van der Waals surface area contributed by atoms with Gasteiger partial charge in [-0.3, -0.25) is 9.59 Å². The Morgan fingerprint density at radius 2 is 1.77 bits per heavy atom. The summed E-state index contributed by atoms with van der Waals surface area (Å²) in [6.07, 6.45) is -3.52. The summed E-state index contributed by atoms with van der Waals surface area (Å²) < 4.78 is 40.4. The largest absolute Gasteiger partial charge is 0.435 e. The van der Waals surface area contributed by atoms with Gasteiger partial charge in [-0.1, -0.05) is 29.3 Å². The summed E-state index contributed by atoms with van der Waals surface area (Å²) in [5.41, 5.74) is -1.86. The molecule has 0 bridgehead atoms. The van der Waals surface area contributed by atoms with E-state index in [1.165, 1.54) is 43.6 Å². The molecule has 0 saturated carbocycles. The van der Waals surface area contributed by atoms with Crippen molar-refractivity contribution < 1.29 is 22.8 Å². The Labute approximate surface area is 177 Å². The predicted molar refractivity (Wildman–Crippen MR) is 104 cm³/mol. The fraction of sp³-hybridized carbons (Fsp3) is 0.111. The van der Waals surface area contributed by atoms with E-state index in [4.69, 9.17) is 23.2 Å². The third-order valence-corrected chi connectivity index (χ3v) is 4.50. The molecule has 0 atom stereocenters. The summed E-state index contributed by atoms with van der Waals surface area (Å²) in [6, 6.07) is 7.71. The van der Waals surface area contributed by atoms with E-state index in [0.29, 0.717) is 10.7 Å². The topological polar surface area (TPSA) is 88.9 Å². The van der Waals surface area contributed by atoms with E-state index in [0.717, 1.165) is 0 Å². The number of nitrogens with one attached hydrogen (secondary N) is 2. The van der Waals surface area contributed by atoms with Gasteiger partial charge in [-0.2, -0.15) is 18.3 Å². The highest BCUT2D eigenvalue weighted by molar-refractivity contribution is 6.35. The van der Waals surface area contributed by atoms with Crippen LogP contribution in [0.1, 0.15) is 26.5 Å². The van der Waals surface area contributed by atoms with E-state index >= 15 is 0 Å². The Hall–Kier alpha value is -3.11. The summed E-state index contributed by atoms with van der Waals surface area (Å²) in [5.74, 6) is -1.74. The Morgan fingerprint density at radius 3 is 2.40 bits per heavy atom. The highest BCUT2D eigenvalue weighted by Crippen LogP contribution is 2.31. The SMILES string of the molecule is CNC(=O)c1c(Cl)cccc1NC(=O)c1cc(C(F)(F)F)nn1-c1ncccc1Cl. The second-order valence-corrected chi connectivity index (χ2v) is 6.64. The Bertz CT molecular complexity index is 1130. The molecular formula is C18H12Cl2F3N5O2. The van der Waals surface area contributed by atoms with Crippen molar-refractivity contribution in [1.82, 2.24) is 20.1 Å². The van der Waals surface area contributed by atoms with E-state index in [2.05, 4.69) is 20.7 Å². The molecule has 0 unspecified atom stereocenters. The molecule has 0 aliphatic rings. The Balaban J connectivity index is 2.09. The van der Waals surface area contributed by atoms with E-state index in [1.807, 2.05) is 0 Å². The monoisotopic (exact) mass is 457 g/mol. The Morgan fingerprint density at radius 1 is 1.07 bits per heavy atom. The molecule has 2 amide bonds. The smallest absolute Gasteiger partial charge is 0.355 e. The second kappa shape index (κ2) is 8.33. The highest BCUT2D eigenvalue weighted by atomic mass is 35.5. The van der Waals surface area contributed by atoms with Crippen molar-refractivity contribution in [2.75, 3.05) is 12.4 Å². The van der Waals surface area contributed by atoms with Gasteiger partial charge in [0.15, 0.2) is 11.5 Å². The van der Waals surface area contributed by atoms with Crippen LogP contribution in [-0.4, -0.2) is 33.6 Å². The molecule has 0 aliphatic carbocycles. The maximum Gasteiger partial charge on any atom is 0.435 e. The van der Waals surface area contributed by atoms with Crippen molar-refractivity contribution >= 4 is 40.7 Å². The molecule has 0 radical (unpaired) electrons. The first-order valence-electron chi connectivity index (χ1n) is 8.23. The van der Waals surface area contributed by atoms with Crippen LogP contribution < -0.4 is 10.6 Å². The number of alkyl halides is 3. The number of rotatable bonds is 4. The van der Waals surface area contributed by atoms with Crippen molar-refractivity contribution in [3.05, 3.63) is 69.6 Å². The van der Waals surface area contributed by atoms with Crippen molar-refractivity contribution in [2.24, 2.45) is 0 Å². The lowest BCUT2D eigenvalue weighted by Crippen LogP contribution is -2.23. The van der Waals surface area contributed by atoms with Gasteiger partial charge in [-0.05, 0) is 24.3 Å². The number of carbonyl (C=O) groups excluding carboxylic acids is 2. The van der Waals surface area contributed by atoms with Gasteiger partial charge in [0.2, 0.25) is 0 Å². The van der Waals surface area contributed by atoms with Gasteiger partial charge in [-0.15, -0.1) is 0 Å². The number of hydrogen-bond donors (Lipinski definition) is 2. The minimum atomic E-state index is -4.81. The van der Waals surface area contributed by atoms with E-state index in [-0.39, 0.29) is 27.1 Å². The van der Waals surface area contributed by atoms with Gasteiger partial charge in [0.1, 0.15) is 5.69 Å². The molecule has 1 aromatic carbocycles. The van der Waals surface area contributed by atoms with Gasteiger partial charge in [0, 0.05) is 19.3 Å². The van der Waals surface area contributed by atoms with Crippen LogP contribution in [0.4, 0.5) is 18.9 Å². The molecule has 2 aromatic heterocycles. The van der Waals surface area contributed by atoms with E-state index in [9.17, 15) is 22.8 Å². The van der Waals surface area contributed by atoms with Gasteiger partial charge < -0.3 is 10.6 Å². The fourth-order valence-electron chi connectivity index (χ4n) is 2.55. The quantitative estimate of drug-likeness (QED) is 0.614. The molecule has 30 heavy (non-hydrogen) atoms. The number of pyridine rings is 1. The lowest BCUT2D eigenvalue weighted by atomic mass is 10.1. The maximum atomic E-state index is 13.2. The van der Waals surface area contributed by atoms with Crippen LogP contribution in [0.15, 0.2) is 42.6 Å². The molecule has 2 N–H and O–H groups in total. The van der Waals surface area contributed by atoms with Gasteiger partial charge in [-0.25, -0.2) is 9.67 Å². The van der Waals surface area contributed by atoms with Crippen molar-refractivity contribution in [3.63, 3.8) is 0 Å². The zero-order valence-electron chi connectivity index (χ0n) is 15.1. The molecule has 12 heteroatoms. The average Bonchev–Trinajstić information content (AvgIpc) is 3.14. The molecule has 0 saturated heterocycles. The Kier molecular flexibility index (Phi) is 5.99. The van der Waals surface area contributed by atoms with Gasteiger partial charge in [0.05, 0.1) is 21.3 Å². The van der Waals surface area contributed by atoms with Gasteiger partial charge in [0.25, 0.3) is 11.8 Å². The second-order valence-electron chi connectivity index (χ2n) is 5.83. The van der Waals surface area contributed by atoms with Crippen LogP contribution in [0.3, 0.4) is 0 Å². The minimum absolute atomic E-state index is 0.000256. The normalized spacial score (nSPS) is 11.3. The van der Waals surface area contributed by atoms with Crippen LogP contribution in [0.5, 0.6) is 0 Å². The standard InChI is InChI=1S/C18H12Cl2F3N5O2/c1-24-17(30)14-9(19)4-2-6-11(14)26-16(29)12-8-13(18(21,22)23)27-28(12)15-10(20)5-3-7-25-15/h2-8H,1H3,(H,24,30)(H,26,29). The van der Waals surface area contributed by atoms with Crippen LogP contribution in [0.2, 0.25) is 10.0 Å². The van der Waals surface area contributed by atoms with Crippen molar-refractivity contribution in [2.45, 2.75) is 6.18 Å². The minimum Gasteiger partial charge on any atom is -0.355 e. The third-order valence-electron chi connectivity index (χ3n) is 3.89. The molecule has 0 spiro atoms. The first kappa shape index (κ1) is 21.6. The summed E-state index contributed by atoms with van der Waals surface area (Å²) >= 11 is 12.1. The lowest BCUT2D eigenvalue weighted by molar-refractivity contribution is -0.141. The maximum absolute atomic E-state index is 13.2. The predicted octanol–water partition coefficient (Wildman–Crippen LogP) is 4.20. The number of anilines is 1. The highest BCUT2D eigenvalue weighted by Gasteiger charge is 2.36. The van der Waals surface area contributed by atoms with E-state index in [1.54, 1.807) is 0 Å². The van der Waals surface area contributed by atoms with Crippen molar-refractivity contribution in [3.8, 4) is 5.82 Å². The number of nitrogens with zero attached hydrogens (tertiary/aromatic N) is 3. The van der Waals surface area contributed by atoms with Crippen LogP contribution in [0, 0.1) is 0 Å². The third kappa shape index (κ3) is 4.24. The lowest BCUT2D eigenvalue weighted by Gasteiger charge is -2.12. The number of hydrogen-bond acceptors (Lipinski definition) is 4. The summed E-state index contributed by atoms with van der Waals surface area (Å²) in [4.78, 5) is 28.9. The fourth-order valence-corrected chi connectivity index (χ4v) is 3.01. The molecule has 3 aromatic rings. The number of aromatic nitrogens is 3. The molecule has 3 rings (SSSR count). The number of benzene rings is 1. The number of amides is 2. The van der Waals surface area contributed by atoms with Crippen LogP contribution >= 0.6 is 23.2 Å². The first-order chi connectivity index (χ1) is 14.1. The number of carbonyl (C=O) groups is 2. The molecule has 7 nitrogen and oxygen atoms in total. The summed E-state index contributed by atoms with van der Waals surface area (Å²) in [7, 11) is 1.37. The average molecular weight is 458 g/mol. The van der Waals surface area contributed by atoms with Crippen LogP contribution in [0.25, 0.3) is 5.82 Å². The van der Waals surface area contributed by atoms with Gasteiger partial charge >= 0.3 is 6.18 Å². The molecule has 0 aliphatic heterocycles. The molecular weight excluding hydrogens is 446 g/mol. The first-order valence-corrected chi connectivity index (χ1v) is 8.99. The number of halogens is 5. The summed E-state index contributed by atoms with van der Waals surface area (Å²) in [6.45, 7) is 0. The van der Waals surface area contributed by atoms with Crippen LogP contribution in [-0.2, 0) is 6.18 Å². The molecule has 0 fully saturated rings. The molecule has 156 valence electrons. The van der Waals surface area contributed by atoms with E-state index < -0.39 is 29.4 Å². The molecule has 2 heterocycles. The zero-order chi connectivity index (χ0) is 22.1. The summed E-state index contributed by atoms with van der Waals surface area (Å²) in [5, 5.41) is 8.24. The zero-order valence-corrected chi connectivity index (χ0v) is 16.6. The van der Waals surface area contributed by atoms with Crippen molar-refractivity contribution in [1.29, 1.82) is 0 Å².